The van der Waals surface area contributed by atoms with Crippen LogP contribution in [0, 0.1) is 0 Å². The third kappa shape index (κ3) is 2.87. The van der Waals surface area contributed by atoms with Crippen molar-refractivity contribution in [1.29, 1.82) is 0 Å². The van der Waals surface area contributed by atoms with E-state index in [0.29, 0.717) is 10.6 Å². The summed E-state index contributed by atoms with van der Waals surface area (Å²) in [6.45, 7) is -0.225. The van der Waals surface area contributed by atoms with E-state index < -0.39 is 0 Å². The van der Waals surface area contributed by atoms with Crippen LogP contribution in [0.2, 0.25) is 0 Å². The minimum atomic E-state index is -0.341. The summed E-state index contributed by atoms with van der Waals surface area (Å²) in [5, 5.41) is 11.4. The zero-order valence-corrected chi connectivity index (χ0v) is 7.38. The van der Waals surface area contributed by atoms with Crippen LogP contribution in [-0.4, -0.2) is 29.3 Å². The molecule has 1 rings (SSSR count). The predicted octanol–water partition coefficient (Wildman–Crippen LogP) is 0.221. The number of hydrogen-bond acceptors (Lipinski definition) is 3. The average Bonchev–Trinajstić information content (AvgIpc) is 2.26. The molecule has 1 aromatic carbocycles. The SMILES string of the molecule is O=CN(O)CNC(=O)c1ccccc1. The van der Waals surface area contributed by atoms with E-state index in [1.165, 1.54) is 0 Å². The van der Waals surface area contributed by atoms with Crippen molar-refractivity contribution in [1.82, 2.24) is 10.4 Å². The Hall–Kier alpha value is -1.88. The van der Waals surface area contributed by atoms with Crippen LogP contribution in [0.5, 0.6) is 0 Å². The second-order valence-corrected chi connectivity index (χ2v) is 2.57. The van der Waals surface area contributed by atoms with Crippen LogP contribution in [0.3, 0.4) is 0 Å². The first kappa shape index (κ1) is 10.2. The van der Waals surface area contributed by atoms with Gasteiger partial charge in [0.2, 0.25) is 6.41 Å². The van der Waals surface area contributed by atoms with Gasteiger partial charge in [-0.05, 0) is 12.1 Å². The molecule has 14 heavy (non-hydrogen) atoms. The van der Waals surface area contributed by atoms with Crippen molar-refractivity contribution < 1.29 is 14.8 Å². The number of hydroxylamine groups is 2. The number of amides is 2. The van der Waals surface area contributed by atoms with Gasteiger partial charge in [0.1, 0.15) is 6.67 Å². The Morgan fingerprint density at radius 1 is 1.43 bits per heavy atom. The lowest BCUT2D eigenvalue weighted by atomic mass is 10.2. The summed E-state index contributed by atoms with van der Waals surface area (Å²) < 4.78 is 0. The Morgan fingerprint density at radius 3 is 2.64 bits per heavy atom. The molecule has 0 saturated carbocycles. The molecule has 1 aromatic rings. The van der Waals surface area contributed by atoms with Crippen LogP contribution in [-0.2, 0) is 4.79 Å². The highest BCUT2D eigenvalue weighted by atomic mass is 16.5. The van der Waals surface area contributed by atoms with Crippen molar-refractivity contribution in [3.05, 3.63) is 35.9 Å². The fraction of sp³-hybridized carbons (Fsp3) is 0.111. The molecular weight excluding hydrogens is 184 g/mol. The first-order valence-electron chi connectivity index (χ1n) is 3.98. The van der Waals surface area contributed by atoms with Gasteiger partial charge in [0.05, 0.1) is 0 Å². The summed E-state index contributed by atoms with van der Waals surface area (Å²) in [5.41, 5.74) is 0.479. The highest BCUT2D eigenvalue weighted by Crippen LogP contribution is 1.97. The first-order valence-corrected chi connectivity index (χ1v) is 3.98. The maximum Gasteiger partial charge on any atom is 0.252 e. The lowest BCUT2D eigenvalue weighted by Gasteiger charge is -2.09. The maximum absolute atomic E-state index is 11.3. The third-order valence-electron chi connectivity index (χ3n) is 1.56. The predicted molar refractivity (Wildman–Crippen MR) is 48.5 cm³/mol. The lowest BCUT2D eigenvalue weighted by molar-refractivity contribution is -0.150. The Kier molecular flexibility index (Phi) is 3.63. The number of nitrogens with one attached hydrogen (secondary N) is 1. The van der Waals surface area contributed by atoms with Gasteiger partial charge in [-0.2, -0.15) is 0 Å². The van der Waals surface area contributed by atoms with Crippen molar-refractivity contribution >= 4 is 12.3 Å². The van der Waals surface area contributed by atoms with Crippen molar-refractivity contribution in [2.24, 2.45) is 0 Å². The number of benzene rings is 1. The smallest absolute Gasteiger partial charge is 0.252 e. The van der Waals surface area contributed by atoms with Gasteiger partial charge in [-0.1, -0.05) is 18.2 Å². The van der Waals surface area contributed by atoms with Crippen LogP contribution in [0.15, 0.2) is 30.3 Å². The van der Waals surface area contributed by atoms with Crippen molar-refractivity contribution in [2.75, 3.05) is 6.67 Å². The molecule has 5 heteroatoms. The zero-order valence-electron chi connectivity index (χ0n) is 7.38. The van der Waals surface area contributed by atoms with Crippen molar-refractivity contribution in [2.45, 2.75) is 0 Å². The largest absolute Gasteiger partial charge is 0.332 e. The Balaban J connectivity index is 2.47. The van der Waals surface area contributed by atoms with Crippen molar-refractivity contribution in [3.8, 4) is 0 Å². The van der Waals surface area contributed by atoms with E-state index in [4.69, 9.17) is 5.21 Å². The molecule has 0 unspecified atom stereocenters. The molecule has 0 spiro atoms. The van der Waals surface area contributed by atoms with E-state index in [9.17, 15) is 9.59 Å². The molecule has 5 nitrogen and oxygen atoms in total. The van der Waals surface area contributed by atoms with E-state index >= 15 is 0 Å². The number of carbonyl (C=O) groups is 2. The minimum absolute atomic E-state index is 0.214. The van der Waals surface area contributed by atoms with Gasteiger partial charge in [0, 0.05) is 5.56 Å². The fourth-order valence-corrected chi connectivity index (χ4v) is 0.882. The van der Waals surface area contributed by atoms with E-state index in [2.05, 4.69) is 5.32 Å². The van der Waals surface area contributed by atoms with E-state index in [1.807, 2.05) is 0 Å². The van der Waals surface area contributed by atoms with E-state index in [0.717, 1.165) is 0 Å². The van der Waals surface area contributed by atoms with Gasteiger partial charge >= 0.3 is 0 Å². The topological polar surface area (TPSA) is 69.6 Å². The maximum atomic E-state index is 11.3. The summed E-state index contributed by atoms with van der Waals surface area (Å²) >= 11 is 0. The highest BCUT2D eigenvalue weighted by Gasteiger charge is 2.04. The molecule has 74 valence electrons. The molecule has 0 bridgehead atoms. The number of nitrogens with zero attached hydrogens (tertiary/aromatic N) is 1. The monoisotopic (exact) mass is 194 g/mol. The Bertz CT molecular complexity index is 313. The zero-order chi connectivity index (χ0) is 10.4. The van der Waals surface area contributed by atoms with Crippen LogP contribution in [0.25, 0.3) is 0 Å². The molecular formula is C9H10N2O3. The molecule has 0 aliphatic carbocycles. The van der Waals surface area contributed by atoms with E-state index in [-0.39, 0.29) is 19.0 Å². The minimum Gasteiger partial charge on any atom is -0.332 e. The van der Waals surface area contributed by atoms with Crippen molar-refractivity contribution in [3.63, 3.8) is 0 Å². The number of rotatable bonds is 4. The number of hydrogen-bond donors (Lipinski definition) is 2. The summed E-state index contributed by atoms with van der Waals surface area (Å²) in [4.78, 5) is 21.3. The summed E-state index contributed by atoms with van der Waals surface area (Å²) in [5.74, 6) is -0.341. The molecule has 2 N–H and O–H groups in total. The molecule has 2 amide bonds. The number of carbonyl (C=O) groups excluding carboxylic acids is 2. The summed E-state index contributed by atoms with van der Waals surface area (Å²) in [7, 11) is 0. The molecule has 0 atom stereocenters. The van der Waals surface area contributed by atoms with Gasteiger partial charge in [0.15, 0.2) is 0 Å². The Morgan fingerprint density at radius 2 is 2.07 bits per heavy atom. The average molecular weight is 194 g/mol. The molecule has 0 fully saturated rings. The standard InChI is InChI=1S/C9H10N2O3/c12-7-11(14)6-10-9(13)8-4-2-1-3-5-8/h1-5,7,14H,6H2,(H,10,13). The lowest BCUT2D eigenvalue weighted by Crippen LogP contribution is -2.34. The fourth-order valence-electron chi connectivity index (χ4n) is 0.882. The van der Waals surface area contributed by atoms with E-state index in [1.54, 1.807) is 30.3 Å². The second-order valence-electron chi connectivity index (χ2n) is 2.57. The van der Waals surface area contributed by atoms with Crippen LogP contribution >= 0.6 is 0 Å². The quantitative estimate of drug-likeness (QED) is 0.312. The van der Waals surface area contributed by atoms with Crippen LogP contribution in [0.4, 0.5) is 0 Å². The molecule has 0 radical (unpaired) electrons. The second kappa shape index (κ2) is 4.98. The van der Waals surface area contributed by atoms with Gasteiger partial charge in [-0.25, -0.2) is 5.06 Å². The van der Waals surface area contributed by atoms with Gasteiger partial charge in [-0.3, -0.25) is 14.8 Å². The molecule has 0 aromatic heterocycles. The highest BCUT2D eigenvalue weighted by molar-refractivity contribution is 5.94. The summed E-state index contributed by atoms with van der Waals surface area (Å²) in [6.07, 6.45) is 0.214. The van der Waals surface area contributed by atoms with Gasteiger partial charge < -0.3 is 5.32 Å². The summed E-state index contributed by atoms with van der Waals surface area (Å²) in [6, 6.07) is 8.52. The molecule has 0 aliphatic rings. The Labute approximate surface area is 80.9 Å². The molecule has 0 aliphatic heterocycles. The van der Waals surface area contributed by atoms with Gasteiger partial charge in [-0.15, -0.1) is 0 Å². The normalized spacial score (nSPS) is 9.21. The van der Waals surface area contributed by atoms with Crippen LogP contribution in [0.1, 0.15) is 10.4 Å². The molecule has 0 heterocycles. The third-order valence-corrected chi connectivity index (χ3v) is 1.56. The first-order chi connectivity index (χ1) is 6.74. The van der Waals surface area contributed by atoms with Gasteiger partial charge in [0.25, 0.3) is 5.91 Å². The molecule has 0 saturated heterocycles. The van der Waals surface area contributed by atoms with Crippen LogP contribution < -0.4 is 5.32 Å².